The van der Waals surface area contributed by atoms with Gasteiger partial charge in [-0.25, -0.2) is 9.59 Å². The van der Waals surface area contributed by atoms with Crippen molar-refractivity contribution in [1.29, 1.82) is 0 Å². The van der Waals surface area contributed by atoms with Gasteiger partial charge in [-0.1, -0.05) is 0 Å². The monoisotopic (exact) mass is 420 g/mol. The van der Waals surface area contributed by atoms with Crippen molar-refractivity contribution >= 4 is 23.3 Å². The van der Waals surface area contributed by atoms with Gasteiger partial charge in [0.25, 0.3) is 5.91 Å². The van der Waals surface area contributed by atoms with Crippen molar-refractivity contribution in [2.24, 2.45) is 0 Å². The Kier molecular flexibility index (Phi) is 5.88. The third-order valence-electron chi connectivity index (χ3n) is 5.28. The SMILES string of the molecule is Cc1c[nH]c(=O)n1-c1ccc(C(=O)OCC(=O)Nc2ccc(N3CCCC3)cc2)cc1. The number of aromatic amines is 1. The largest absolute Gasteiger partial charge is 0.452 e. The number of aromatic nitrogens is 2. The highest BCUT2D eigenvalue weighted by atomic mass is 16.5. The molecule has 0 aliphatic carbocycles. The first kappa shape index (κ1) is 20.5. The van der Waals surface area contributed by atoms with Gasteiger partial charge in [0.15, 0.2) is 6.61 Å². The number of carbonyl (C=O) groups is 2. The van der Waals surface area contributed by atoms with Crippen molar-refractivity contribution in [3.63, 3.8) is 0 Å². The number of nitrogens with one attached hydrogen (secondary N) is 2. The Labute approximate surface area is 179 Å². The first-order chi connectivity index (χ1) is 15.0. The Bertz CT molecular complexity index is 1120. The maximum atomic E-state index is 12.2. The molecule has 160 valence electrons. The molecule has 1 amide bonds. The van der Waals surface area contributed by atoms with Crippen molar-refractivity contribution in [3.05, 3.63) is 76.5 Å². The number of nitrogens with zero attached hydrogens (tertiary/aromatic N) is 2. The summed E-state index contributed by atoms with van der Waals surface area (Å²) in [5.74, 6) is -1.02. The zero-order chi connectivity index (χ0) is 21.8. The fourth-order valence-electron chi connectivity index (χ4n) is 3.67. The predicted molar refractivity (Wildman–Crippen MR) is 118 cm³/mol. The highest BCUT2D eigenvalue weighted by molar-refractivity contribution is 5.95. The zero-order valence-electron chi connectivity index (χ0n) is 17.3. The van der Waals surface area contributed by atoms with Crippen LogP contribution in [-0.2, 0) is 9.53 Å². The van der Waals surface area contributed by atoms with E-state index in [9.17, 15) is 14.4 Å². The first-order valence-electron chi connectivity index (χ1n) is 10.2. The lowest BCUT2D eigenvalue weighted by molar-refractivity contribution is -0.119. The van der Waals surface area contributed by atoms with Crippen LogP contribution in [-0.4, -0.2) is 41.1 Å². The van der Waals surface area contributed by atoms with E-state index in [0.29, 0.717) is 16.9 Å². The molecule has 0 saturated carbocycles. The van der Waals surface area contributed by atoms with Crippen LogP contribution in [0, 0.1) is 6.92 Å². The van der Waals surface area contributed by atoms with Crippen molar-refractivity contribution < 1.29 is 14.3 Å². The van der Waals surface area contributed by atoms with E-state index in [2.05, 4.69) is 15.2 Å². The lowest BCUT2D eigenvalue weighted by Crippen LogP contribution is -2.21. The number of esters is 1. The van der Waals surface area contributed by atoms with Gasteiger partial charge in [0.2, 0.25) is 0 Å². The van der Waals surface area contributed by atoms with E-state index in [0.717, 1.165) is 24.5 Å². The van der Waals surface area contributed by atoms with Gasteiger partial charge >= 0.3 is 11.7 Å². The standard InChI is InChI=1S/C23H24N4O4/c1-16-14-24-23(30)27(16)20-8-4-17(5-9-20)22(29)31-15-21(28)25-18-6-10-19(11-7-18)26-12-2-3-13-26/h4-11,14H,2-3,12-13,15H2,1H3,(H,24,30)(H,25,28). The third-order valence-corrected chi connectivity index (χ3v) is 5.28. The highest BCUT2D eigenvalue weighted by Crippen LogP contribution is 2.22. The van der Waals surface area contributed by atoms with Gasteiger partial charge < -0.3 is 19.9 Å². The van der Waals surface area contributed by atoms with Gasteiger partial charge in [-0.05, 0) is 68.3 Å². The minimum absolute atomic E-state index is 0.252. The summed E-state index contributed by atoms with van der Waals surface area (Å²) in [6.45, 7) is 3.54. The highest BCUT2D eigenvalue weighted by Gasteiger charge is 2.14. The van der Waals surface area contributed by atoms with Gasteiger partial charge in [0, 0.05) is 36.4 Å². The van der Waals surface area contributed by atoms with Crippen molar-refractivity contribution in [2.75, 3.05) is 29.9 Å². The number of carbonyl (C=O) groups excluding carboxylic acids is 2. The molecule has 1 aliphatic heterocycles. The summed E-state index contributed by atoms with van der Waals surface area (Å²) in [6.07, 6.45) is 4.02. The van der Waals surface area contributed by atoms with Crippen LogP contribution in [0.5, 0.6) is 0 Å². The Hall–Kier alpha value is -3.81. The average molecular weight is 420 g/mol. The fourth-order valence-corrected chi connectivity index (χ4v) is 3.67. The number of aryl methyl sites for hydroxylation is 1. The van der Waals surface area contributed by atoms with E-state index < -0.39 is 11.9 Å². The lowest BCUT2D eigenvalue weighted by atomic mass is 10.2. The number of H-pyrrole nitrogens is 1. The van der Waals surface area contributed by atoms with Crippen LogP contribution >= 0.6 is 0 Å². The molecule has 2 N–H and O–H groups in total. The number of benzene rings is 2. The molecule has 31 heavy (non-hydrogen) atoms. The molecular weight excluding hydrogens is 396 g/mol. The molecule has 0 radical (unpaired) electrons. The average Bonchev–Trinajstić information content (AvgIpc) is 3.43. The Balaban J connectivity index is 1.30. The molecule has 1 fully saturated rings. The van der Waals surface area contributed by atoms with Crippen molar-refractivity contribution in [3.8, 4) is 5.69 Å². The van der Waals surface area contributed by atoms with Crippen LogP contribution in [0.15, 0.2) is 59.5 Å². The van der Waals surface area contributed by atoms with Crippen LogP contribution < -0.4 is 15.9 Å². The summed E-state index contributed by atoms with van der Waals surface area (Å²) >= 11 is 0. The van der Waals surface area contributed by atoms with E-state index in [-0.39, 0.29) is 12.3 Å². The summed E-state index contributed by atoms with van der Waals surface area (Å²) in [4.78, 5) is 41.1. The van der Waals surface area contributed by atoms with Crippen molar-refractivity contribution in [2.45, 2.75) is 19.8 Å². The molecule has 2 heterocycles. The minimum atomic E-state index is -0.607. The van der Waals surface area contributed by atoms with Gasteiger partial charge in [-0.2, -0.15) is 0 Å². The Morgan fingerprint density at radius 3 is 2.26 bits per heavy atom. The molecule has 2 aromatic carbocycles. The molecule has 0 spiro atoms. The van der Waals surface area contributed by atoms with Crippen LogP contribution in [0.3, 0.4) is 0 Å². The number of rotatable bonds is 6. The molecule has 0 bridgehead atoms. The minimum Gasteiger partial charge on any atom is -0.452 e. The summed E-state index contributed by atoms with van der Waals surface area (Å²) in [7, 11) is 0. The summed E-state index contributed by atoms with van der Waals surface area (Å²) in [5, 5.41) is 2.73. The van der Waals surface area contributed by atoms with E-state index in [1.54, 1.807) is 37.4 Å². The van der Waals surface area contributed by atoms with E-state index >= 15 is 0 Å². The second-order valence-corrected chi connectivity index (χ2v) is 7.48. The van der Waals surface area contributed by atoms with Gasteiger partial charge in [-0.3, -0.25) is 9.36 Å². The third kappa shape index (κ3) is 4.69. The van der Waals surface area contributed by atoms with Crippen molar-refractivity contribution in [1.82, 2.24) is 9.55 Å². The van der Waals surface area contributed by atoms with E-state index in [4.69, 9.17) is 4.74 Å². The second kappa shape index (κ2) is 8.91. The Morgan fingerprint density at radius 2 is 1.65 bits per heavy atom. The molecule has 0 unspecified atom stereocenters. The molecule has 1 aromatic heterocycles. The zero-order valence-corrected chi connectivity index (χ0v) is 17.3. The summed E-state index contributed by atoms with van der Waals surface area (Å²) < 4.78 is 6.61. The number of hydrogen-bond acceptors (Lipinski definition) is 5. The van der Waals surface area contributed by atoms with Gasteiger partial charge in [-0.15, -0.1) is 0 Å². The predicted octanol–water partition coefficient (Wildman–Crippen LogP) is 2.87. The normalized spacial score (nSPS) is 13.3. The molecular formula is C23H24N4O4. The maximum Gasteiger partial charge on any atom is 0.338 e. The molecule has 1 aliphatic rings. The molecule has 1 saturated heterocycles. The number of anilines is 2. The van der Waals surface area contributed by atoms with Crippen LogP contribution in [0.25, 0.3) is 5.69 Å². The first-order valence-corrected chi connectivity index (χ1v) is 10.2. The Morgan fingerprint density at radius 1 is 1.00 bits per heavy atom. The summed E-state index contributed by atoms with van der Waals surface area (Å²) in [5.41, 5.74) is 3.23. The lowest BCUT2D eigenvalue weighted by Gasteiger charge is -2.17. The van der Waals surface area contributed by atoms with Crippen LogP contribution in [0.2, 0.25) is 0 Å². The maximum absolute atomic E-state index is 12.2. The number of ether oxygens (including phenoxy) is 1. The summed E-state index contributed by atoms with van der Waals surface area (Å²) in [6, 6.07) is 14.1. The molecule has 8 nitrogen and oxygen atoms in total. The van der Waals surface area contributed by atoms with E-state index in [1.165, 1.54) is 17.4 Å². The number of amides is 1. The van der Waals surface area contributed by atoms with Gasteiger partial charge in [0.1, 0.15) is 0 Å². The van der Waals surface area contributed by atoms with E-state index in [1.807, 2.05) is 24.3 Å². The molecule has 3 aromatic rings. The quantitative estimate of drug-likeness (QED) is 0.598. The number of hydrogen-bond donors (Lipinski definition) is 2. The molecule has 0 atom stereocenters. The number of imidazole rings is 1. The molecule has 8 heteroatoms. The molecule has 4 rings (SSSR count). The topological polar surface area (TPSA) is 96.4 Å². The second-order valence-electron chi connectivity index (χ2n) is 7.48. The van der Waals surface area contributed by atoms with Gasteiger partial charge in [0.05, 0.1) is 11.3 Å². The smallest absolute Gasteiger partial charge is 0.338 e. The fraction of sp³-hybridized carbons (Fsp3) is 0.261. The van der Waals surface area contributed by atoms with Crippen LogP contribution in [0.4, 0.5) is 11.4 Å². The van der Waals surface area contributed by atoms with Crippen LogP contribution in [0.1, 0.15) is 28.9 Å².